The molecule has 1 aliphatic carbocycles. The lowest BCUT2D eigenvalue weighted by Gasteiger charge is -2.12. The second-order valence-corrected chi connectivity index (χ2v) is 4.79. The standard InChI is InChI=1S/C12H13FN2S/c13-8-5-6-10-11(7-8)15(12(16)14-10)9-3-1-2-4-9/h5-7,9H,1-4H2,(H,14,16). The lowest BCUT2D eigenvalue weighted by molar-refractivity contribution is 0.525. The number of hydrogen-bond acceptors (Lipinski definition) is 1. The number of aromatic amines is 1. The van der Waals surface area contributed by atoms with Crippen LogP contribution in [-0.2, 0) is 0 Å². The molecule has 2 nitrogen and oxygen atoms in total. The summed E-state index contributed by atoms with van der Waals surface area (Å²) >= 11 is 5.32. The van der Waals surface area contributed by atoms with Gasteiger partial charge in [0, 0.05) is 6.04 Å². The highest BCUT2D eigenvalue weighted by Gasteiger charge is 2.19. The van der Waals surface area contributed by atoms with Gasteiger partial charge in [0.15, 0.2) is 4.77 Å². The summed E-state index contributed by atoms with van der Waals surface area (Å²) in [5.74, 6) is -0.201. The summed E-state index contributed by atoms with van der Waals surface area (Å²) in [6.07, 6.45) is 4.79. The van der Waals surface area contributed by atoms with Gasteiger partial charge in [-0.15, -0.1) is 0 Å². The van der Waals surface area contributed by atoms with Gasteiger partial charge in [-0.1, -0.05) is 12.8 Å². The summed E-state index contributed by atoms with van der Waals surface area (Å²) in [5, 5.41) is 0. The van der Waals surface area contributed by atoms with Gasteiger partial charge in [-0.25, -0.2) is 4.39 Å². The number of halogens is 1. The van der Waals surface area contributed by atoms with Gasteiger partial charge in [-0.2, -0.15) is 0 Å². The normalized spacial score (nSPS) is 17.3. The maximum absolute atomic E-state index is 13.3. The first-order valence-corrected chi connectivity index (χ1v) is 6.06. The predicted molar refractivity (Wildman–Crippen MR) is 64.6 cm³/mol. The first kappa shape index (κ1) is 10.0. The Morgan fingerprint density at radius 1 is 1.31 bits per heavy atom. The zero-order valence-electron chi connectivity index (χ0n) is 8.87. The maximum atomic E-state index is 13.3. The average molecular weight is 236 g/mol. The number of rotatable bonds is 1. The van der Waals surface area contributed by atoms with Gasteiger partial charge >= 0.3 is 0 Å². The number of nitrogens with zero attached hydrogens (tertiary/aromatic N) is 1. The first-order chi connectivity index (χ1) is 7.75. The van der Waals surface area contributed by atoms with Crippen LogP contribution < -0.4 is 0 Å². The monoisotopic (exact) mass is 236 g/mol. The Bertz CT molecular complexity index is 578. The van der Waals surface area contributed by atoms with E-state index in [1.54, 1.807) is 12.1 Å². The molecule has 0 saturated heterocycles. The Balaban J connectivity index is 2.25. The first-order valence-electron chi connectivity index (χ1n) is 5.65. The van der Waals surface area contributed by atoms with E-state index in [-0.39, 0.29) is 5.82 Å². The van der Waals surface area contributed by atoms with E-state index in [1.807, 2.05) is 0 Å². The van der Waals surface area contributed by atoms with Crippen LogP contribution in [0.1, 0.15) is 31.7 Å². The van der Waals surface area contributed by atoms with Gasteiger partial charge in [0.05, 0.1) is 11.0 Å². The van der Waals surface area contributed by atoms with Crippen molar-refractivity contribution in [1.82, 2.24) is 9.55 Å². The van der Waals surface area contributed by atoms with Gasteiger partial charge in [-0.3, -0.25) is 0 Å². The Kier molecular flexibility index (Phi) is 2.32. The second-order valence-electron chi connectivity index (χ2n) is 4.40. The van der Waals surface area contributed by atoms with E-state index in [9.17, 15) is 4.39 Å². The number of imidazole rings is 1. The molecule has 0 bridgehead atoms. The molecule has 1 aliphatic rings. The van der Waals surface area contributed by atoms with Crippen molar-refractivity contribution in [3.63, 3.8) is 0 Å². The largest absolute Gasteiger partial charge is 0.331 e. The summed E-state index contributed by atoms with van der Waals surface area (Å²) in [7, 11) is 0. The zero-order chi connectivity index (χ0) is 11.1. The van der Waals surface area contributed by atoms with Crippen LogP contribution in [0.3, 0.4) is 0 Å². The van der Waals surface area contributed by atoms with Crippen molar-refractivity contribution in [3.8, 4) is 0 Å². The van der Waals surface area contributed by atoms with Crippen LogP contribution in [-0.4, -0.2) is 9.55 Å². The van der Waals surface area contributed by atoms with Crippen LogP contribution in [0.5, 0.6) is 0 Å². The smallest absolute Gasteiger partial charge is 0.178 e. The molecule has 16 heavy (non-hydrogen) atoms. The van der Waals surface area contributed by atoms with E-state index in [0.29, 0.717) is 10.8 Å². The van der Waals surface area contributed by atoms with E-state index in [0.717, 1.165) is 23.9 Å². The van der Waals surface area contributed by atoms with Gasteiger partial charge < -0.3 is 9.55 Å². The number of aromatic nitrogens is 2. The minimum Gasteiger partial charge on any atom is -0.331 e. The summed E-state index contributed by atoms with van der Waals surface area (Å²) in [5.41, 5.74) is 1.83. The van der Waals surface area contributed by atoms with Crippen LogP contribution >= 0.6 is 12.2 Å². The average Bonchev–Trinajstić information content (AvgIpc) is 2.83. The van der Waals surface area contributed by atoms with Crippen LogP contribution in [0.15, 0.2) is 18.2 Å². The number of benzene rings is 1. The zero-order valence-corrected chi connectivity index (χ0v) is 9.69. The second kappa shape index (κ2) is 3.70. The van der Waals surface area contributed by atoms with Crippen molar-refractivity contribution >= 4 is 23.3 Å². The molecule has 1 aromatic heterocycles. The molecule has 4 heteroatoms. The molecule has 0 atom stereocenters. The van der Waals surface area contributed by atoms with Crippen LogP contribution in [0.2, 0.25) is 0 Å². The van der Waals surface area contributed by atoms with Crippen LogP contribution in [0.4, 0.5) is 4.39 Å². The van der Waals surface area contributed by atoms with E-state index in [4.69, 9.17) is 12.2 Å². The van der Waals surface area contributed by atoms with Crippen molar-refractivity contribution in [2.75, 3.05) is 0 Å². The minimum absolute atomic E-state index is 0.201. The number of hydrogen-bond donors (Lipinski definition) is 1. The summed E-state index contributed by atoms with van der Waals surface area (Å²) < 4.78 is 16.1. The third kappa shape index (κ3) is 1.48. The molecule has 1 fully saturated rings. The molecule has 0 radical (unpaired) electrons. The number of fused-ring (bicyclic) bond motifs is 1. The molecule has 3 rings (SSSR count). The Morgan fingerprint density at radius 2 is 2.06 bits per heavy atom. The lowest BCUT2D eigenvalue weighted by atomic mass is 10.2. The Hall–Kier alpha value is -1.16. The van der Waals surface area contributed by atoms with E-state index in [2.05, 4.69) is 9.55 Å². The molecule has 1 heterocycles. The third-order valence-electron chi connectivity index (χ3n) is 3.37. The van der Waals surface area contributed by atoms with Crippen LogP contribution in [0.25, 0.3) is 11.0 Å². The lowest BCUT2D eigenvalue weighted by Crippen LogP contribution is -2.04. The molecule has 0 unspecified atom stereocenters. The van der Waals surface area contributed by atoms with Gasteiger partial charge in [0.25, 0.3) is 0 Å². The molecule has 0 spiro atoms. The third-order valence-corrected chi connectivity index (χ3v) is 3.67. The van der Waals surface area contributed by atoms with Gasteiger partial charge in [0.2, 0.25) is 0 Å². The number of H-pyrrole nitrogens is 1. The van der Waals surface area contributed by atoms with Crippen molar-refractivity contribution in [2.45, 2.75) is 31.7 Å². The van der Waals surface area contributed by atoms with E-state index < -0.39 is 0 Å². The predicted octanol–water partition coefficient (Wildman–Crippen LogP) is 3.95. The van der Waals surface area contributed by atoms with Crippen molar-refractivity contribution in [2.24, 2.45) is 0 Å². The maximum Gasteiger partial charge on any atom is 0.178 e. The minimum atomic E-state index is -0.201. The molecule has 0 aliphatic heterocycles. The van der Waals surface area contributed by atoms with Crippen LogP contribution in [0, 0.1) is 10.6 Å². The van der Waals surface area contributed by atoms with E-state index >= 15 is 0 Å². The highest BCUT2D eigenvalue weighted by molar-refractivity contribution is 7.71. The SMILES string of the molecule is Fc1ccc2[nH]c(=S)n(C3CCCC3)c2c1. The Labute approximate surface area is 98.1 Å². The highest BCUT2D eigenvalue weighted by atomic mass is 32.1. The molecule has 2 aromatic rings. The van der Waals surface area contributed by atoms with Crippen molar-refractivity contribution < 1.29 is 4.39 Å². The highest BCUT2D eigenvalue weighted by Crippen LogP contribution is 2.32. The fraction of sp³-hybridized carbons (Fsp3) is 0.417. The van der Waals surface area contributed by atoms with Gasteiger partial charge in [-0.05, 0) is 43.3 Å². The topological polar surface area (TPSA) is 20.7 Å². The number of nitrogens with one attached hydrogen (secondary N) is 1. The molecular formula is C12H13FN2S. The summed E-state index contributed by atoms with van der Waals surface area (Å²) in [6, 6.07) is 5.24. The Morgan fingerprint density at radius 3 is 2.81 bits per heavy atom. The molecule has 1 saturated carbocycles. The quantitative estimate of drug-likeness (QED) is 0.743. The van der Waals surface area contributed by atoms with Gasteiger partial charge in [0.1, 0.15) is 5.82 Å². The molecule has 1 aromatic carbocycles. The fourth-order valence-corrected chi connectivity index (χ4v) is 2.98. The molecule has 1 N–H and O–H groups in total. The van der Waals surface area contributed by atoms with Crippen molar-refractivity contribution in [3.05, 3.63) is 28.8 Å². The van der Waals surface area contributed by atoms with E-state index in [1.165, 1.54) is 18.9 Å². The fourth-order valence-electron chi connectivity index (χ4n) is 2.62. The van der Waals surface area contributed by atoms with Crippen molar-refractivity contribution in [1.29, 1.82) is 0 Å². The summed E-state index contributed by atoms with van der Waals surface area (Å²) in [6.45, 7) is 0. The summed E-state index contributed by atoms with van der Waals surface area (Å²) in [4.78, 5) is 3.14. The molecular weight excluding hydrogens is 223 g/mol. The molecule has 84 valence electrons. The molecule has 0 amide bonds.